The number of hydrogen-bond acceptors (Lipinski definition) is 6. The van der Waals surface area contributed by atoms with Gasteiger partial charge in [0.05, 0.1) is 22.7 Å². The van der Waals surface area contributed by atoms with E-state index in [1.54, 1.807) is 33.1 Å². The van der Waals surface area contributed by atoms with Crippen molar-refractivity contribution in [2.45, 2.75) is 50.5 Å². The van der Waals surface area contributed by atoms with E-state index in [2.05, 4.69) is 23.9 Å². The Bertz CT molecular complexity index is 1170. The van der Waals surface area contributed by atoms with E-state index in [0.717, 1.165) is 37.2 Å². The summed E-state index contributed by atoms with van der Waals surface area (Å²) < 4.78 is 32.9. The minimum Gasteiger partial charge on any atom is -0.497 e. The van der Waals surface area contributed by atoms with Crippen LogP contribution in [0.4, 0.5) is 5.69 Å². The van der Waals surface area contributed by atoms with Gasteiger partial charge in [-0.15, -0.1) is 0 Å². The molecule has 0 aliphatic carbocycles. The molecule has 7 nitrogen and oxygen atoms in total. The molecule has 1 aliphatic rings. The second kappa shape index (κ2) is 11.9. The molecule has 2 aromatic rings. The molecule has 0 bridgehead atoms. The number of anilines is 1. The molecule has 198 valence electrons. The van der Waals surface area contributed by atoms with E-state index < -0.39 is 10.0 Å². The lowest BCUT2D eigenvalue weighted by molar-refractivity contribution is -0.118. The number of carbonyl (C=O) groups is 1. The molecular weight excluding hydrogens is 498 g/mol. The highest BCUT2D eigenvalue weighted by molar-refractivity contribution is 7.89. The topological polar surface area (TPSA) is 70.2 Å². The summed E-state index contributed by atoms with van der Waals surface area (Å²) in [6.45, 7) is 5.51. The van der Waals surface area contributed by atoms with Crippen molar-refractivity contribution < 1.29 is 17.9 Å². The number of halogens is 1. The number of hydrogen-bond donors (Lipinski definition) is 0. The minimum absolute atomic E-state index is 0.0316. The van der Waals surface area contributed by atoms with E-state index in [-0.39, 0.29) is 30.1 Å². The Hall–Kier alpha value is -2.13. The van der Waals surface area contributed by atoms with Crippen molar-refractivity contribution in [3.8, 4) is 5.75 Å². The van der Waals surface area contributed by atoms with Crippen molar-refractivity contribution in [2.75, 3.05) is 52.8 Å². The van der Waals surface area contributed by atoms with E-state index in [0.29, 0.717) is 27.9 Å². The number of piperidine rings is 1. The Labute approximate surface area is 221 Å². The standard InChI is InChI=1S/C27H38ClN3O4S/c1-19-15-24(35-6)16-20(2)27(19)36(33,34)30(5)12-11-23(32)17-21-7-8-26(25(28)18-21)31-13-9-22(10-14-31)29(3)4/h7-8,15-16,18,22H,9-14,17H2,1-6H3. The molecule has 1 heterocycles. The summed E-state index contributed by atoms with van der Waals surface area (Å²) in [5, 5.41) is 0.647. The summed E-state index contributed by atoms with van der Waals surface area (Å²) in [7, 11) is 3.57. The smallest absolute Gasteiger partial charge is 0.243 e. The van der Waals surface area contributed by atoms with Gasteiger partial charge in [-0.1, -0.05) is 17.7 Å². The Morgan fingerprint density at radius 2 is 1.69 bits per heavy atom. The number of sulfonamides is 1. The molecule has 0 unspecified atom stereocenters. The molecule has 0 N–H and O–H groups in total. The number of rotatable bonds is 10. The summed E-state index contributed by atoms with van der Waals surface area (Å²) in [5.74, 6) is 0.584. The zero-order chi connectivity index (χ0) is 26.6. The third kappa shape index (κ3) is 6.59. The fraction of sp³-hybridized carbons (Fsp3) is 0.519. The maximum atomic E-state index is 13.2. The third-order valence-electron chi connectivity index (χ3n) is 6.99. The molecule has 0 amide bonds. The minimum atomic E-state index is -3.73. The van der Waals surface area contributed by atoms with Gasteiger partial charge in [-0.05, 0) is 81.7 Å². The maximum Gasteiger partial charge on any atom is 0.243 e. The monoisotopic (exact) mass is 535 g/mol. The number of benzene rings is 2. The van der Waals surface area contributed by atoms with Crippen molar-refractivity contribution in [1.82, 2.24) is 9.21 Å². The number of nitrogens with zero attached hydrogens (tertiary/aromatic N) is 3. The maximum absolute atomic E-state index is 13.2. The Kier molecular flexibility index (Phi) is 9.44. The van der Waals surface area contributed by atoms with E-state index in [1.807, 2.05) is 18.2 Å². The van der Waals surface area contributed by atoms with Crippen LogP contribution in [-0.4, -0.2) is 77.3 Å². The number of aryl methyl sites for hydroxylation is 2. The first-order valence-corrected chi connectivity index (χ1v) is 14.1. The predicted octanol–water partition coefficient (Wildman–Crippen LogP) is 4.32. The van der Waals surface area contributed by atoms with E-state index in [9.17, 15) is 13.2 Å². The fourth-order valence-electron chi connectivity index (χ4n) is 4.85. The third-order valence-corrected chi connectivity index (χ3v) is 9.46. The molecule has 36 heavy (non-hydrogen) atoms. The zero-order valence-electron chi connectivity index (χ0n) is 22.2. The van der Waals surface area contributed by atoms with Crippen molar-refractivity contribution >= 4 is 33.1 Å². The van der Waals surface area contributed by atoms with Gasteiger partial charge in [0, 0.05) is 45.6 Å². The van der Waals surface area contributed by atoms with Gasteiger partial charge < -0.3 is 14.5 Å². The second-order valence-electron chi connectivity index (χ2n) is 9.85. The summed E-state index contributed by atoms with van der Waals surface area (Å²) in [6, 6.07) is 9.80. The van der Waals surface area contributed by atoms with Crippen LogP contribution in [0.3, 0.4) is 0 Å². The number of methoxy groups -OCH3 is 1. The quantitative estimate of drug-likeness (QED) is 0.451. The van der Waals surface area contributed by atoms with Gasteiger partial charge in [-0.2, -0.15) is 0 Å². The first-order valence-electron chi connectivity index (χ1n) is 12.3. The normalized spacial score (nSPS) is 15.1. The van der Waals surface area contributed by atoms with Crippen molar-refractivity contribution in [3.63, 3.8) is 0 Å². The van der Waals surface area contributed by atoms with Crippen molar-refractivity contribution in [1.29, 1.82) is 0 Å². The number of ketones is 1. The van der Waals surface area contributed by atoms with Gasteiger partial charge in [-0.25, -0.2) is 12.7 Å². The molecule has 9 heteroatoms. The largest absolute Gasteiger partial charge is 0.497 e. The van der Waals surface area contributed by atoms with E-state index in [4.69, 9.17) is 16.3 Å². The average Bonchev–Trinajstić information content (AvgIpc) is 2.82. The van der Waals surface area contributed by atoms with Crippen molar-refractivity contribution in [3.05, 3.63) is 52.0 Å². The molecule has 0 saturated carbocycles. The lowest BCUT2D eigenvalue weighted by Crippen LogP contribution is -2.42. The molecule has 0 aromatic heterocycles. The highest BCUT2D eigenvalue weighted by Crippen LogP contribution is 2.31. The molecule has 1 aliphatic heterocycles. The zero-order valence-corrected chi connectivity index (χ0v) is 23.7. The lowest BCUT2D eigenvalue weighted by atomic mass is 10.0. The van der Waals surface area contributed by atoms with Gasteiger partial charge in [0.25, 0.3) is 0 Å². The molecule has 0 atom stereocenters. The first kappa shape index (κ1) is 28.4. The molecule has 1 saturated heterocycles. The van der Waals surface area contributed by atoms with Gasteiger partial charge in [0.15, 0.2) is 0 Å². The van der Waals surface area contributed by atoms with Crippen LogP contribution in [0.15, 0.2) is 35.2 Å². The molecule has 3 rings (SSSR count). The van der Waals surface area contributed by atoms with Crippen LogP contribution in [0.1, 0.15) is 36.0 Å². The first-order chi connectivity index (χ1) is 16.9. The van der Waals surface area contributed by atoms with Crippen LogP contribution < -0.4 is 9.64 Å². The van der Waals surface area contributed by atoms with Gasteiger partial charge in [0.2, 0.25) is 10.0 Å². The molecular formula is C27H38ClN3O4S. The number of carbonyl (C=O) groups excluding carboxylic acids is 1. The van der Waals surface area contributed by atoms with Crippen LogP contribution in [0.25, 0.3) is 0 Å². The van der Waals surface area contributed by atoms with Crippen LogP contribution >= 0.6 is 11.6 Å². The van der Waals surface area contributed by atoms with Crippen LogP contribution in [0.2, 0.25) is 5.02 Å². The molecule has 1 fully saturated rings. The Balaban J connectivity index is 1.59. The van der Waals surface area contributed by atoms with Crippen LogP contribution in [0, 0.1) is 13.8 Å². The summed E-state index contributed by atoms with van der Waals surface area (Å²) in [6.07, 6.45) is 2.53. The summed E-state index contributed by atoms with van der Waals surface area (Å²) in [4.78, 5) is 17.5. The van der Waals surface area contributed by atoms with Gasteiger partial charge in [0.1, 0.15) is 11.5 Å². The molecule has 0 spiro atoms. The van der Waals surface area contributed by atoms with Crippen molar-refractivity contribution in [2.24, 2.45) is 0 Å². The molecule has 2 aromatic carbocycles. The van der Waals surface area contributed by atoms with Crippen LogP contribution in [0.5, 0.6) is 5.75 Å². The second-order valence-corrected chi connectivity index (χ2v) is 12.2. The van der Waals surface area contributed by atoms with Gasteiger partial charge >= 0.3 is 0 Å². The fourth-order valence-corrected chi connectivity index (χ4v) is 6.75. The van der Waals surface area contributed by atoms with Gasteiger partial charge in [-0.3, -0.25) is 4.79 Å². The SMILES string of the molecule is COc1cc(C)c(S(=O)(=O)N(C)CCC(=O)Cc2ccc(N3CCC(N(C)C)CC3)c(Cl)c2)c(C)c1. The highest BCUT2D eigenvalue weighted by Gasteiger charge is 2.26. The summed E-state index contributed by atoms with van der Waals surface area (Å²) in [5.41, 5.74) is 3.07. The lowest BCUT2D eigenvalue weighted by Gasteiger charge is -2.36. The average molecular weight is 536 g/mol. The van der Waals surface area contributed by atoms with E-state index in [1.165, 1.54) is 11.4 Å². The van der Waals surface area contributed by atoms with Crippen LogP contribution in [-0.2, 0) is 21.2 Å². The Morgan fingerprint density at radius 1 is 1.08 bits per heavy atom. The number of Topliss-reactive ketones (excluding diaryl/α,β-unsaturated/α-hetero) is 1. The number of ether oxygens (including phenoxy) is 1. The highest BCUT2D eigenvalue weighted by atomic mass is 35.5. The van der Waals surface area contributed by atoms with E-state index >= 15 is 0 Å². The summed E-state index contributed by atoms with van der Waals surface area (Å²) >= 11 is 6.59. The Morgan fingerprint density at radius 3 is 2.22 bits per heavy atom. The predicted molar refractivity (Wildman–Crippen MR) is 146 cm³/mol. The molecule has 0 radical (unpaired) electrons.